The number of carbonyl (C=O) groups is 1. The molecule has 0 bridgehead atoms. The molecule has 118 valence electrons. The van der Waals surface area contributed by atoms with Crippen LogP contribution in [0.25, 0.3) is 0 Å². The molecular weight excluding hydrogens is 282 g/mol. The minimum Gasteiger partial charge on any atom is -0.359 e. The SMILES string of the molecule is CCc1cc(CN(C)C(=O)c2n[nH]c3c2CN(C)CC3)on1. The Labute approximate surface area is 129 Å². The molecule has 3 rings (SSSR count). The van der Waals surface area contributed by atoms with Crippen molar-refractivity contribution in [2.45, 2.75) is 32.9 Å². The normalized spacial score (nSPS) is 14.9. The number of rotatable bonds is 4. The summed E-state index contributed by atoms with van der Waals surface area (Å²) in [7, 11) is 3.80. The summed E-state index contributed by atoms with van der Waals surface area (Å²) in [6, 6.07) is 1.89. The van der Waals surface area contributed by atoms with Gasteiger partial charge in [-0.15, -0.1) is 0 Å². The largest absolute Gasteiger partial charge is 0.359 e. The van der Waals surface area contributed by atoms with Crippen LogP contribution in [0.15, 0.2) is 10.6 Å². The highest BCUT2D eigenvalue weighted by atomic mass is 16.5. The maximum Gasteiger partial charge on any atom is 0.274 e. The van der Waals surface area contributed by atoms with Gasteiger partial charge < -0.3 is 14.3 Å². The fourth-order valence-electron chi connectivity index (χ4n) is 2.69. The van der Waals surface area contributed by atoms with Crippen LogP contribution < -0.4 is 0 Å². The third kappa shape index (κ3) is 2.76. The van der Waals surface area contributed by atoms with Gasteiger partial charge in [0.1, 0.15) is 0 Å². The number of nitrogens with one attached hydrogen (secondary N) is 1. The lowest BCUT2D eigenvalue weighted by atomic mass is 10.1. The van der Waals surface area contributed by atoms with E-state index in [2.05, 4.69) is 27.3 Å². The van der Waals surface area contributed by atoms with Crippen LogP contribution in [0.4, 0.5) is 0 Å². The van der Waals surface area contributed by atoms with Gasteiger partial charge in [-0.3, -0.25) is 9.89 Å². The highest BCUT2D eigenvalue weighted by Gasteiger charge is 2.26. The number of H-pyrrole nitrogens is 1. The number of nitrogens with zero attached hydrogens (tertiary/aromatic N) is 4. The summed E-state index contributed by atoms with van der Waals surface area (Å²) in [4.78, 5) is 16.4. The molecule has 0 saturated carbocycles. The molecule has 1 amide bonds. The summed E-state index contributed by atoms with van der Waals surface area (Å²) in [6.07, 6.45) is 1.72. The summed E-state index contributed by atoms with van der Waals surface area (Å²) in [5.74, 6) is 0.594. The maximum atomic E-state index is 12.6. The molecule has 0 spiro atoms. The summed E-state index contributed by atoms with van der Waals surface area (Å²) in [6.45, 7) is 4.14. The number of aromatic nitrogens is 3. The molecule has 2 aromatic rings. The summed E-state index contributed by atoms with van der Waals surface area (Å²) in [5, 5.41) is 11.2. The fourth-order valence-corrected chi connectivity index (χ4v) is 2.69. The maximum absolute atomic E-state index is 12.6. The van der Waals surface area contributed by atoms with Crippen molar-refractivity contribution in [1.29, 1.82) is 0 Å². The van der Waals surface area contributed by atoms with Crippen molar-refractivity contribution in [3.8, 4) is 0 Å². The molecule has 7 heteroatoms. The lowest BCUT2D eigenvalue weighted by molar-refractivity contribution is 0.0764. The van der Waals surface area contributed by atoms with Crippen LogP contribution in [0.3, 0.4) is 0 Å². The van der Waals surface area contributed by atoms with Gasteiger partial charge in [0.05, 0.1) is 12.2 Å². The smallest absolute Gasteiger partial charge is 0.274 e. The molecule has 0 radical (unpaired) electrons. The first-order valence-corrected chi connectivity index (χ1v) is 7.53. The summed E-state index contributed by atoms with van der Waals surface area (Å²) in [5.41, 5.74) is 3.49. The fraction of sp³-hybridized carbons (Fsp3) is 0.533. The molecule has 22 heavy (non-hydrogen) atoms. The molecule has 0 aliphatic carbocycles. The third-order valence-corrected chi connectivity index (χ3v) is 4.04. The van der Waals surface area contributed by atoms with Crippen LogP contribution in [0.2, 0.25) is 0 Å². The second kappa shape index (κ2) is 5.92. The first-order chi connectivity index (χ1) is 10.6. The van der Waals surface area contributed by atoms with Crippen LogP contribution in [0, 0.1) is 0 Å². The predicted molar refractivity (Wildman–Crippen MR) is 80.3 cm³/mol. The quantitative estimate of drug-likeness (QED) is 0.919. The topological polar surface area (TPSA) is 78.3 Å². The Hall–Kier alpha value is -2.15. The summed E-state index contributed by atoms with van der Waals surface area (Å²) < 4.78 is 5.24. The van der Waals surface area contributed by atoms with Gasteiger partial charge in [0, 0.05) is 43.9 Å². The second-order valence-corrected chi connectivity index (χ2v) is 5.82. The Kier molecular flexibility index (Phi) is 3.98. The van der Waals surface area contributed by atoms with Crippen LogP contribution in [-0.2, 0) is 25.9 Å². The molecule has 0 aromatic carbocycles. The van der Waals surface area contributed by atoms with Crippen LogP contribution >= 0.6 is 0 Å². The van der Waals surface area contributed by atoms with Crippen LogP contribution in [0.5, 0.6) is 0 Å². The van der Waals surface area contributed by atoms with E-state index < -0.39 is 0 Å². The zero-order chi connectivity index (χ0) is 15.7. The van der Waals surface area contributed by atoms with Gasteiger partial charge in [-0.1, -0.05) is 12.1 Å². The molecule has 1 N–H and O–H groups in total. The predicted octanol–water partition coefficient (Wildman–Crippen LogP) is 1.22. The van der Waals surface area contributed by atoms with Crippen molar-refractivity contribution in [2.24, 2.45) is 0 Å². The number of fused-ring (bicyclic) bond motifs is 1. The van der Waals surface area contributed by atoms with Gasteiger partial charge >= 0.3 is 0 Å². The number of aryl methyl sites for hydroxylation is 1. The van der Waals surface area contributed by atoms with E-state index in [-0.39, 0.29) is 5.91 Å². The molecule has 0 atom stereocenters. The van der Waals surface area contributed by atoms with Crippen molar-refractivity contribution < 1.29 is 9.32 Å². The van der Waals surface area contributed by atoms with Gasteiger partial charge in [0.15, 0.2) is 11.5 Å². The third-order valence-electron chi connectivity index (χ3n) is 4.04. The number of amides is 1. The molecule has 1 aliphatic heterocycles. The minimum absolute atomic E-state index is 0.0951. The first kappa shape index (κ1) is 14.8. The van der Waals surface area contributed by atoms with E-state index in [1.807, 2.05) is 13.0 Å². The number of aromatic amines is 1. The van der Waals surface area contributed by atoms with E-state index in [1.165, 1.54) is 0 Å². The van der Waals surface area contributed by atoms with E-state index in [4.69, 9.17) is 4.52 Å². The first-order valence-electron chi connectivity index (χ1n) is 7.53. The molecule has 2 aromatic heterocycles. The van der Waals surface area contributed by atoms with E-state index >= 15 is 0 Å². The monoisotopic (exact) mass is 303 g/mol. The zero-order valence-electron chi connectivity index (χ0n) is 13.2. The van der Waals surface area contributed by atoms with Gasteiger partial charge in [-0.2, -0.15) is 5.10 Å². The zero-order valence-corrected chi connectivity index (χ0v) is 13.2. The molecule has 7 nitrogen and oxygen atoms in total. The van der Waals surface area contributed by atoms with Crippen molar-refractivity contribution in [2.75, 3.05) is 20.6 Å². The number of hydrogen-bond donors (Lipinski definition) is 1. The molecule has 0 saturated heterocycles. The average Bonchev–Trinajstić information content (AvgIpc) is 3.12. The van der Waals surface area contributed by atoms with E-state index in [9.17, 15) is 4.79 Å². The standard InChI is InChI=1S/C15H21N5O2/c1-4-10-7-11(22-18-10)8-20(3)15(21)14-12-9-19(2)6-5-13(12)16-17-14/h7H,4-6,8-9H2,1-3H3,(H,16,17). The molecule has 0 unspecified atom stereocenters. The highest BCUT2D eigenvalue weighted by Crippen LogP contribution is 2.20. The van der Waals surface area contributed by atoms with Gasteiger partial charge in [-0.05, 0) is 13.5 Å². The lowest BCUT2D eigenvalue weighted by Gasteiger charge is -2.23. The Morgan fingerprint density at radius 3 is 3.09 bits per heavy atom. The molecule has 0 fully saturated rings. The van der Waals surface area contributed by atoms with Crippen LogP contribution in [0.1, 0.15) is 40.1 Å². The number of likely N-dealkylation sites (N-methyl/N-ethyl adjacent to an activating group) is 1. The van der Waals surface area contributed by atoms with E-state index in [0.717, 1.165) is 42.9 Å². The second-order valence-electron chi connectivity index (χ2n) is 5.82. The number of carbonyl (C=O) groups excluding carboxylic acids is 1. The highest BCUT2D eigenvalue weighted by molar-refractivity contribution is 5.93. The molecule has 3 heterocycles. The molecular formula is C15H21N5O2. The number of hydrogen-bond acceptors (Lipinski definition) is 5. The van der Waals surface area contributed by atoms with Crippen molar-refractivity contribution in [3.63, 3.8) is 0 Å². The van der Waals surface area contributed by atoms with Gasteiger partial charge in [0.2, 0.25) is 0 Å². The van der Waals surface area contributed by atoms with Crippen molar-refractivity contribution >= 4 is 5.91 Å². The van der Waals surface area contributed by atoms with Crippen molar-refractivity contribution in [3.05, 3.63) is 34.5 Å². The summed E-state index contributed by atoms with van der Waals surface area (Å²) >= 11 is 0. The van der Waals surface area contributed by atoms with E-state index in [1.54, 1.807) is 11.9 Å². The molecule has 1 aliphatic rings. The Morgan fingerprint density at radius 1 is 1.55 bits per heavy atom. The van der Waals surface area contributed by atoms with Crippen molar-refractivity contribution in [1.82, 2.24) is 25.2 Å². The minimum atomic E-state index is -0.0951. The van der Waals surface area contributed by atoms with Crippen LogP contribution in [-0.4, -0.2) is 51.7 Å². The Balaban J connectivity index is 1.74. The van der Waals surface area contributed by atoms with Gasteiger partial charge in [0.25, 0.3) is 5.91 Å². The van der Waals surface area contributed by atoms with E-state index in [0.29, 0.717) is 18.0 Å². The lowest BCUT2D eigenvalue weighted by Crippen LogP contribution is -2.30. The Bertz CT molecular complexity index is 675. The van der Waals surface area contributed by atoms with Gasteiger partial charge in [-0.25, -0.2) is 0 Å². The average molecular weight is 303 g/mol. The Morgan fingerprint density at radius 2 is 2.36 bits per heavy atom.